The van der Waals surface area contributed by atoms with E-state index in [0.717, 1.165) is 11.8 Å². The third kappa shape index (κ3) is 8.71. The van der Waals surface area contributed by atoms with E-state index in [1.807, 2.05) is 0 Å². The average molecular weight is 695 g/mol. The van der Waals surface area contributed by atoms with E-state index in [1.54, 1.807) is 23.6 Å². The van der Waals surface area contributed by atoms with Crippen LogP contribution >= 0.6 is 11.8 Å². The first-order valence-electron chi connectivity index (χ1n) is 15.9. The highest BCUT2D eigenvalue weighted by atomic mass is 32.2. The molecule has 0 radical (unpaired) electrons. The molecule has 2 aliphatic heterocycles. The first-order chi connectivity index (χ1) is 23.4. The molecule has 2 aromatic rings. The van der Waals surface area contributed by atoms with Gasteiger partial charge in [-0.3, -0.25) is 39.4 Å². The number of nitrogens with zero attached hydrogens (tertiary/aromatic N) is 4. The number of hydrogen-bond acceptors (Lipinski definition) is 11. The van der Waals surface area contributed by atoms with Crippen molar-refractivity contribution in [3.05, 3.63) is 80.9 Å². The summed E-state index contributed by atoms with van der Waals surface area (Å²) in [5, 5.41) is 24.2. The number of hydrogen-bond donors (Lipinski definition) is 0. The summed E-state index contributed by atoms with van der Waals surface area (Å²) in [6, 6.07) is 8.21. The lowest BCUT2D eigenvalue weighted by Gasteiger charge is -2.31. The fourth-order valence-electron chi connectivity index (χ4n) is 5.77. The molecule has 0 spiro atoms. The van der Waals surface area contributed by atoms with Gasteiger partial charge in [-0.15, -0.1) is 0 Å². The van der Waals surface area contributed by atoms with E-state index in [-0.39, 0.29) is 80.4 Å². The number of nitro groups is 2. The molecule has 0 unspecified atom stereocenters. The molecule has 260 valence electrons. The third-order valence-corrected chi connectivity index (χ3v) is 9.68. The number of amides is 2. The Hall–Kier alpha value is -5.05. The van der Waals surface area contributed by atoms with E-state index in [1.165, 1.54) is 36.4 Å². The predicted octanol–water partition coefficient (Wildman–Crippen LogP) is 5.28. The van der Waals surface area contributed by atoms with Crippen molar-refractivity contribution in [1.82, 2.24) is 9.80 Å². The number of rotatable bonds is 12. The molecule has 14 nitrogen and oxygen atoms in total. The van der Waals surface area contributed by atoms with Crippen molar-refractivity contribution in [1.29, 1.82) is 0 Å². The number of carbonyl (C=O) groups excluding carboxylic acids is 4. The van der Waals surface area contributed by atoms with Gasteiger partial charge >= 0.3 is 11.9 Å². The van der Waals surface area contributed by atoms with Gasteiger partial charge in [0.25, 0.3) is 23.2 Å². The Morgan fingerprint density at radius 2 is 1.06 bits per heavy atom. The largest absolute Gasteiger partial charge is 0.466 e. The lowest BCUT2D eigenvalue weighted by molar-refractivity contribution is -0.388. The van der Waals surface area contributed by atoms with Gasteiger partial charge < -0.3 is 19.3 Å². The van der Waals surface area contributed by atoms with Gasteiger partial charge in [0.1, 0.15) is 0 Å². The van der Waals surface area contributed by atoms with Crippen LogP contribution in [0.25, 0.3) is 11.1 Å². The van der Waals surface area contributed by atoms with E-state index in [4.69, 9.17) is 9.47 Å². The molecule has 2 aliphatic rings. The second kappa shape index (κ2) is 16.4. The second-order valence-electron chi connectivity index (χ2n) is 11.6. The van der Waals surface area contributed by atoms with Crippen LogP contribution in [0.15, 0.2) is 59.3 Å². The molecule has 0 N–H and O–H groups in total. The molecule has 2 saturated heterocycles. The van der Waals surface area contributed by atoms with Crippen LogP contribution in [0.5, 0.6) is 0 Å². The maximum atomic E-state index is 13.2. The molecule has 2 heterocycles. The summed E-state index contributed by atoms with van der Waals surface area (Å²) < 4.78 is 10.1. The summed E-state index contributed by atoms with van der Waals surface area (Å²) in [6.45, 7) is 13.0. The van der Waals surface area contributed by atoms with Crippen molar-refractivity contribution in [3.8, 4) is 0 Å². The summed E-state index contributed by atoms with van der Waals surface area (Å²) in [5.74, 6) is -2.02. The molecule has 0 bridgehead atoms. The zero-order valence-electron chi connectivity index (χ0n) is 27.4. The number of piperidine rings is 2. The van der Waals surface area contributed by atoms with Crippen LogP contribution in [0.1, 0.15) is 50.7 Å². The summed E-state index contributed by atoms with van der Waals surface area (Å²) in [4.78, 5) is 76.7. The highest BCUT2D eigenvalue weighted by molar-refractivity contribution is 7.99. The highest BCUT2D eigenvalue weighted by Crippen LogP contribution is 2.41. The first-order valence-corrected chi connectivity index (χ1v) is 16.7. The molecule has 0 aliphatic carbocycles. The summed E-state index contributed by atoms with van der Waals surface area (Å²) in [7, 11) is 0. The smallest absolute Gasteiger partial charge is 0.309 e. The topological polar surface area (TPSA) is 180 Å². The van der Waals surface area contributed by atoms with E-state index in [0.29, 0.717) is 51.9 Å². The van der Waals surface area contributed by atoms with Crippen molar-refractivity contribution in [2.24, 2.45) is 11.8 Å². The maximum Gasteiger partial charge on any atom is 0.309 e. The fraction of sp³-hybridized carbons (Fsp3) is 0.412. The minimum atomic E-state index is -0.639. The molecule has 2 fully saturated rings. The van der Waals surface area contributed by atoms with E-state index < -0.39 is 21.7 Å². The molecule has 4 rings (SSSR count). The Morgan fingerprint density at radius 1 is 0.714 bits per heavy atom. The minimum absolute atomic E-state index is 0.0397. The standard InChI is InChI=1S/C34H38N4O10S/c1-5-47-33(41)23-11-15-35(16-12-23)31(39)21(3)25-7-9-29(27(19-25)37(43)44)49-30-10-8-26(20-28(30)38(45)46)22(4)32(40)36-17-13-24(14-18-36)34(42)48-6-2/h7-10,19-20,23-24H,3-6,11-18H2,1-2H3. The Bertz CT molecular complexity index is 1560. The van der Waals surface area contributed by atoms with Crippen molar-refractivity contribution in [2.45, 2.75) is 49.3 Å². The summed E-state index contributed by atoms with van der Waals surface area (Å²) in [5.41, 5.74) is -0.224. The lowest BCUT2D eigenvalue weighted by atomic mass is 9.96. The third-order valence-electron chi connectivity index (χ3n) is 8.55. The minimum Gasteiger partial charge on any atom is -0.466 e. The molecular weight excluding hydrogens is 656 g/mol. The van der Waals surface area contributed by atoms with Crippen LogP contribution < -0.4 is 0 Å². The number of carbonyl (C=O) groups is 4. The van der Waals surface area contributed by atoms with Crippen LogP contribution in [0.2, 0.25) is 0 Å². The van der Waals surface area contributed by atoms with Gasteiger partial charge in [-0.25, -0.2) is 0 Å². The van der Waals surface area contributed by atoms with Gasteiger partial charge in [0.05, 0.1) is 44.7 Å². The predicted molar refractivity (Wildman–Crippen MR) is 180 cm³/mol. The average Bonchev–Trinajstić information content (AvgIpc) is 3.10. The molecule has 15 heteroatoms. The van der Waals surface area contributed by atoms with Crippen molar-refractivity contribution >= 4 is 58.0 Å². The number of benzene rings is 2. The number of ether oxygens (including phenoxy) is 2. The van der Waals surface area contributed by atoms with Crippen molar-refractivity contribution < 1.29 is 38.5 Å². The molecule has 0 saturated carbocycles. The molecule has 2 amide bonds. The van der Waals surface area contributed by atoms with E-state index >= 15 is 0 Å². The van der Waals surface area contributed by atoms with E-state index in [2.05, 4.69) is 13.2 Å². The summed E-state index contributed by atoms with van der Waals surface area (Å²) >= 11 is 0.804. The van der Waals surface area contributed by atoms with Gasteiger partial charge in [0.2, 0.25) is 0 Å². The van der Waals surface area contributed by atoms with Crippen LogP contribution in [0.3, 0.4) is 0 Å². The molecule has 0 atom stereocenters. The first kappa shape index (κ1) is 36.8. The maximum absolute atomic E-state index is 13.2. The Kier molecular flexibility index (Phi) is 12.3. The SMILES string of the molecule is C=C(C(=O)N1CCC(C(=O)OCC)CC1)c1ccc(Sc2ccc(C(=C)C(=O)N3CCC(C(=O)OCC)CC3)cc2[N+](=O)[O-])c([N+](=O)[O-])c1. The monoisotopic (exact) mass is 694 g/mol. The van der Waals surface area contributed by atoms with Crippen LogP contribution in [0.4, 0.5) is 11.4 Å². The number of nitro benzene ring substituents is 2. The Labute approximate surface area is 287 Å². The van der Waals surface area contributed by atoms with Crippen LogP contribution in [-0.2, 0) is 28.7 Å². The quantitative estimate of drug-likeness (QED) is 0.122. The molecule has 0 aromatic heterocycles. The summed E-state index contributed by atoms with van der Waals surface area (Å²) in [6.07, 6.45) is 1.73. The van der Waals surface area contributed by atoms with Gasteiger partial charge in [-0.2, -0.15) is 0 Å². The normalized spacial score (nSPS) is 15.3. The zero-order chi connectivity index (χ0) is 35.8. The number of likely N-dealkylation sites (tertiary alicyclic amines) is 2. The van der Waals surface area contributed by atoms with Gasteiger partial charge in [0, 0.05) is 49.5 Å². The van der Waals surface area contributed by atoms with Gasteiger partial charge in [-0.05, 0) is 62.8 Å². The number of esters is 2. The molecule has 49 heavy (non-hydrogen) atoms. The van der Waals surface area contributed by atoms with Crippen LogP contribution in [-0.4, -0.2) is 82.8 Å². The Balaban J connectivity index is 1.47. The highest BCUT2D eigenvalue weighted by Gasteiger charge is 2.32. The van der Waals surface area contributed by atoms with Gasteiger partial charge in [-0.1, -0.05) is 37.1 Å². The molecular formula is C34H38N4O10S. The lowest BCUT2D eigenvalue weighted by Crippen LogP contribution is -2.40. The Morgan fingerprint density at radius 3 is 1.37 bits per heavy atom. The van der Waals surface area contributed by atoms with Crippen molar-refractivity contribution in [2.75, 3.05) is 39.4 Å². The molecule has 2 aromatic carbocycles. The van der Waals surface area contributed by atoms with Gasteiger partial charge in [0.15, 0.2) is 0 Å². The van der Waals surface area contributed by atoms with Crippen LogP contribution in [0, 0.1) is 32.1 Å². The fourth-order valence-corrected chi connectivity index (χ4v) is 6.76. The van der Waals surface area contributed by atoms with E-state index in [9.17, 15) is 39.4 Å². The zero-order valence-corrected chi connectivity index (χ0v) is 28.2. The van der Waals surface area contributed by atoms with Crippen molar-refractivity contribution in [3.63, 3.8) is 0 Å². The second-order valence-corrected chi connectivity index (χ2v) is 12.7.